The Morgan fingerprint density at radius 2 is 2.05 bits per heavy atom. The van der Waals surface area contributed by atoms with Gasteiger partial charge in [-0.1, -0.05) is 18.2 Å². The summed E-state index contributed by atoms with van der Waals surface area (Å²) in [5.41, 5.74) is 5.55. The van der Waals surface area contributed by atoms with Crippen molar-refractivity contribution in [3.8, 4) is 0 Å². The highest BCUT2D eigenvalue weighted by Crippen LogP contribution is 2.19. The fourth-order valence-corrected chi connectivity index (χ4v) is 1.79. The van der Waals surface area contributed by atoms with Crippen molar-refractivity contribution in [2.45, 2.75) is 38.8 Å². The molecule has 0 aromatic heterocycles. The van der Waals surface area contributed by atoms with E-state index in [-0.39, 0.29) is 18.7 Å². The number of amides is 1. The van der Waals surface area contributed by atoms with Gasteiger partial charge < -0.3 is 15.8 Å². The lowest BCUT2D eigenvalue weighted by atomic mass is 10.0. The van der Waals surface area contributed by atoms with Gasteiger partial charge in [0.1, 0.15) is 5.60 Å². The summed E-state index contributed by atoms with van der Waals surface area (Å²) >= 11 is 0. The first-order valence-corrected chi connectivity index (χ1v) is 6.65. The predicted molar refractivity (Wildman–Crippen MR) is 79.0 cm³/mol. The second-order valence-electron chi connectivity index (χ2n) is 5.67. The van der Waals surface area contributed by atoms with Gasteiger partial charge in [-0.2, -0.15) is 0 Å². The molecule has 21 heavy (non-hydrogen) atoms. The van der Waals surface area contributed by atoms with Crippen LogP contribution in [-0.4, -0.2) is 29.2 Å². The maximum atomic E-state index is 11.7. The van der Waals surface area contributed by atoms with Crippen molar-refractivity contribution < 1.29 is 14.5 Å². The Hall–Kier alpha value is -2.15. The fraction of sp³-hybridized carbons (Fsp3) is 0.500. The van der Waals surface area contributed by atoms with E-state index >= 15 is 0 Å². The van der Waals surface area contributed by atoms with Gasteiger partial charge >= 0.3 is 6.09 Å². The second-order valence-corrected chi connectivity index (χ2v) is 5.67. The van der Waals surface area contributed by atoms with Crippen molar-refractivity contribution in [1.29, 1.82) is 0 Å². The quantitative estimate of drug-likeness (QED) is 0.638. The molecular formula is C14H21N3O4. The van der Waals surface area contributed by atoms with Crippen molar-refractivity contribution in [2.75, 3.05) is 6.54 Å². The highest BCUT2D eigenvalue weighted by atomic mass is 16.6. The number of carbonyl (C=O) groups excluding carboxylic acids is 1. The molecule has 1 aromatic carbocycles. The minimum absolute atomic E-state index is 0.0157. The average molecular weight is 295 g/mol. The van der Waals surface area contributed by atoms with Crippen LogP contribution < -0.4 is 11.1 Å². The van der Waals surface area contributed by atoms with Crippen molar-refractivity contribution in [1.82, 2.24) is 5.32 Å². The SMILES string of the molecule is CC(C)(C)OC(=O)NC(CN)Cc1ccccc1[N+](=O)[O-]. The smallest absolute Gasteiger partial charge is 0.407 e. The summed E-state index contributed by atoms with van der Waals surface area (Å²) in [4.78, 5) is 22.2. The van der Waals surface area contributed by atoms with Crippen LogP contribution in [0.25, 0.3) is 0 Å². The zero-order valence-electron chi connectivity index (χ0n) is 12.5. The second kappa shape index (κ2) is 7.03. The van der Waals surface area contributed by atoms with Gasteiger partial charge in [0, 0.05) is 30.6 Å². The minimum atomic E-state index is -0.609. The number of nitrogens with one attached hydrogen (secondary N) is 1. The average Bonchev–Trinajstić information content (AvgIpc) is 2.36. The maximum Gasteiger partial charge on any atom is 0.407 e. The van der Waals surface area contributed by atoms with Gasteiger partial charge in [0.25, 0.3) is 5.69 Å². The lowest BCUT2D eigenvalue weighted by Gasteiger charge is -2.23. The van der Waals surface area contributed by atoms with E-state index < -0.39 is 22.7 Å². The number of benzene rings is 1. The summed E-state index contributed by atoms with van der Waals surface area (Å²) in [6, 6.07) is 5.96. The first-order chi connectivity index (χ1) is 9.73. The van der Waals surface area contributed by atoms with Gasteiger partial charge in [-0.3, -0.25) is 10.1 Å². The molecule has 0 saturated carbocycles. The molecule has 0 aliphatic carbocycles. The summed E-state index contributed by atoms with van der Waals surface area (Å²) in [5, 5.41) is 13.6. The summed E-state index contributed by atoms with van der Waals surface area (Å²) in [6.45, 7) is 5.43. The van der Waals surface area contributed by atoms with Crippen LogP contribution in [0.5, 0.6) is 0 Å². The Kier molecular flexibility index (Phi) is 5.66. The van der Waals surface area contributed by atoms with Crippen molar-refractivity contribution in [2.24, 2.45) is 5.73 Å². The van der Waals surface area contributed by atoms with Gasteiger partial charge in [-0.25, -0.2) is 4.79 Å². The molecule has 0 radical (unpaired) electrons. The van der Waals surface area contributed by atoms with Crippen LogP contribution in [0.1, 0.15) is 26.3 Å². The Labute approximate surface area is 123 Å². The molecule has 0 saturated heterocycles. The Morgan fingerprint density at radius 1 is 1.43 bits per heavy atom. The number of nitrogens with zero attached hydrogens (tertiary/aromatic N) is 1. The molecule has 7 heteroatoms. The van der Waals surface area contributed by atoms with E-state index in [0.29, 0.717) is 5.56 Å². The third-order valence-corrected chi connectivity index (χ3v) is 2.66. The summed E-state index contributed by atoms with van der Waals surface area (Å²) < 4.78 is 5.15. The summed E-state index contributed by atoms with van der Waals surface area (Å²) in [7, 11) is 0. The molecule has 1 aromatic rings. The van der Waals surface area contributed by atoms with Gasteiger partial charge in [-0.05, 0) is 20.8 Å². The molecule has 1 amide bonds. The molecule has 0 aliphatic heterocycles. The van der Waals surface area contributed by atoms with E-state index in [1.807, 2.05) is 0 Å². The van der Waals surface area contributed by atoms with E-state index in [4.69, 9.17) is 10.5 Å². The number of rotatable bonds is 5. The Bertz CT molecular complexity index is 511. The molecule has 1 unspecified atom stereocenters. The van der Waals surface area contributed by atoms with Crippen LogP contribution in [0.15, 0.2) is 24.3 Å². The molecule has 0 bridgehead atoms. The number of hydrogen-bond donors (Lipinski definition) is 2. The van der Waals surface area contributed by atoms with Crippen LogP contribution in [0.4, 0.5) is 10.5 Å². The molecule has 7 nitrogen and oxygen atoms in total. The first kappa shape index (κ1) is 16.9. The number of ether oxygens (including phenoxy) is 1. The molecule has 0 aliphatic rings. The topological polar surface area (TPSA) is 107 Å². The largest absolute Gasteiger partial charge is 0.444 e. The Morgan fingerprint density at radius 3 is 2.57 bits per heavy atom. The number of nitro benzene ring substituents is 1. The maximum absolute atomic E-state index is 11.7. The first-order valence-electron chi connectivity index (χ1n) is 6.65. The van der Waals surface area contributed by atoms with Crippen molar-refractivity contribution in [3.63, 3.8) is 0 Å². The minimum Gasteiger partial charge on any atom is -0.444 e. The molecule has 0 spiro atoms. The Balaban J connectivity index is 2.75. The molecule has 1 rings (SSSR count). The summed E-state index contributed by atoms with van der Waals surface area (Å²) in [5.74, 6) is 0. The highest BCUT2D eigenvalue weighted by Gasteiger charge is 2.21. The number of nitro groups is 1. The third-order valence-electron chi connectivity index (χ3n) is 2.66. The van der Waals surface area contributed by atoms with Gasteiger partial charge in [0.2, 0.25) is 0 Å². The van der Waals surface area contributed by atoms with E-state index in [1.54, 1.807) is 39.0 Å². The lowest BCUT2D eigenvalue weighted by Crippen LogP contribution is -2.44. The monoisotopic (exact) mass is 295 g/mol. The normalized spacial score (nSPS) is 12.6. The van der Waals surface area contributed by atoms with Crippen LogP contribution in [0.2, 0.25) is 0 Å². The van der Waals surface area contributed by atoms with Crippen molar-refractivity contribution in [3.05, 3.63) is 39.9 Å². The number of alkyl carbamates (subject to hydrolysis) is 1. The number of nitrogens with two attached hydrogens (primary N) is 1. The van der Waals surface area contributed by atoms with E-state index in [9.17, 15) is 14.9 Å². The van der Waals surface area contributed by atoms with E-state index in [0.717, 1.165) is 0 Å². The van der Waals surface area contributed by atoms with Crippen LogP contribution in [0.3, 0.4) is 0 Å². The molecule has 1 atom stereocenters. The van der Waals surface area contributed by atoms with Crippen LogP contribution in [-0.2, 0) is 11.2 Å². The van der Waals surface area contributed by atoms with E-state index in [1.165, 1.54) is 6.07 Å². The van der Waals surface area contributed by atoms with Gasteiger partial charge in [0.05, 0.1) is 4.92 Å². The highest BCUT2D eigenvalue weighted by molar-refractivity contribution is 5.68. The molecule has 116 valence electrons. The van der Waals surface area contributed by atoms with E-state index in [2.05, 4.69) is 5.32 Å². The van der Waals surface area contributed by atoms with Crippen LogP contribution >= 0.6 is 0 Å². The third kappa shape index (κ3) is 5.78. The number of para-hydroxylation sites is 1. The zero-order chi connectivity index (χ0) is 16.0. The van der Waals surface area contributed by atoms with Crippen molar-refractivity contribution >= 4 is 11.8 Å². The molecule has 0 fully saturated rings. The standard InChI is InChI=1S/C14H21N3O4/c1-14(2,3)21-13(18)16-11(9-15)8-10-6-4-5-7-12(10)17(19)20/h4-7,11H,8-9,15H2,1-3H3,(H,16,18). The number of hydrogen-bond acceptors (Lipinski definition) is 5. The molecular weight excluding hydrogens is 274 g/mol. The summed E-state index contributed by atoms with van der Waals surface area (Å²) in [6.07, 6.45) is -0.316. The molecule has 3 N–H and O–H groups in total. The zero-order valence-corrected chi connectivity index (χ0v) is 12.5. The van der Waals surface area contributed by atoms with Crippen LogP contribution in [0, 0.1) is 10.1 Å². The predicted octanol–water partition coefficient (Wildman–Crippen LogP) is 1.99. The fourth-order valence-electron chi connectivity index (χ4n) is 1.79. The molecule has 0 heterocycles. The number of carbonyl (C=O) groups is 1. The lowest BCUT2D eigenvalue weighted by molar-refractivity contribution is -0.385. The van der Waals surface area contributed by atoms with Gasteiger partial charge in [0.15, 0.2) is 0 Å². The van der Waals surface area contributed by atoms with Gasteiger partial charge in [-0.15, -0.1) is 0 Å².